The zero-order valence-corrected chi connectivity index (χ0v) is 28.7. The highest BCUT2D eigenvalue weighted by atomic mass is 35.5. The Balaban J connectivity index is 1.77. The lowest BCUT2D eigenvalue weighted by molar-refractivity contribution is -0.111. The minimum Gasteiger partial charge on any atom is -0.444 e. The van der Waals surface area contributed by atoms with Crippen LogP contribution in [0, 0.1) is 0 Å². The van der Waals surface area contributed by atoms with Gasteiger partial charge in [0.2, 0.25) is 0 Å². The van der Waals surface area contributed by atoms with Crippen LogP contribution in [0.2, 0.25) is 0 Å². The van der Waals surface area contributed by atoms with Crippen LogP contribution in [-0.2, 0) is 9.53 Å². The molecule has 5 rings (SSSR count). The lowest BCUT2D eigenvalue weighted by Crippen LogP contribution is -2.55. The monoisotopic (exact) mass is 665 g/mol. The molecular formula is C35H41ClFN5O5. The lowest BCUT2D eigenvalue weighted by atomic mass is 9.92. The highest BCUT2D eigenvalue weighted by Crippen LogP contribution is 2.44. The Kier molecular flexibility index (Phi) is 9.27. The van der Waals surface area contributed by atoms with E-state index in [2.05, 4.69) is 4.98 Å². The van der Waals surface area contributed by atoms with Crippen molar-refractivity contribution in [3.63, 3.8) is 0 Å². The minimum atomic E-state index is -0.873. The van der Waals surface area contributed by atoms with Gasteiger partial charge in [0.1, 0.15) is 22.9 Å². The molecule has 250 valence electrons. The van der Waals surface area contributed by atoms with Crippen LogP contribution in [0.5, 0.6) is 0 Å². The van der Waals surface area contributed by atoms with Crippen LogP contribution in [0.4, 0.5) is 20.8 Å². The number of carbonyl (C=O) groups is 2. The normalized spacial score (nSPS) is 20.1. The van der Waals surface area contributed by atoms with Crippen LogP contribution in [0.1, 0.15) is 83.9 Å². The molecular weight excluding hydrogens is 625 g/mol. The molecule has 2 aliphatic heterocycles. The van der Waals surface area contributed by atoms with Gasteiger partial charge in [0.05, 0.1) is 21.9 Å². The number of amides is 1. The number of fused-ring (bicyclic) bond motifs is 1. The van der Waals surface area contributed by atoms with E-state index in [1.54, 1.807) is 25.7 Å². The third-order valence-corrected chi connectivity index (χ3v) is 8.61. The SMILES string of the molecule is CC(C)c1cccc(C(C)C)c1-n1c2c(c(N3CCN(C(=O)OC(C)(C)C)C[C@@H]3C)nc1=O)C=C(Cl)C(=C1C(=O)C=CC=C1F)N2O. The molecule has 0 bridgehead atoms. The average Bonchev–Trinajstić information content (AvgIpc) is 2.97. The van der Waals surface area contributed by atoms with E-state index >= 15 is 4.39 Å². The second-order valence-electron chi connectivity index (χ2n) is 13.6. The summed E-state index contributed by atoms with van der Waals surface area (Å²) < 4.78 is 22.2. The van der Waals surface area contributed by atoms with E-state index in [1.807, 2.05) is 57.7 Å². The molecule has 1 amide bonds. The van der Waals surface area contributed by atoms with Crippen LogP contribution in [0.25, 0.3) is 11.8 Å². The fraction of sp³-hybridized carbons (Fsp3) is 0.429. The predicted octanol–water partition coefficient (Wildman–Crippen LogP) is 6.96. The molecule has 1 aromatic heterocycles. The van der Waals surface area contributed by atoms with Crippen molar-refractivity contribution in [2.75, 3.05) is 29.6 Å². The number of aromatic nitrogens is 2. The van der Waals surface area contributed by atoms with Gasteiger partial charge in [-0.3, -0.25) is 10.0 Å². The van der Waals surface area contributed by atoms with E-state index in [0.717, 1.165) is 17.2 Å². The number of ether oxygens (including phenoxy) is 1. The van der Waals surface area contributed by atoms with Crippen LogP contribution < -0.4 is 15.7 Å². The van der Waals surface area contributed by atoms with Gasteiger partial charge in [-0.1, -0.05) is 63.6 Å². The minimum absolute atomic E-state index is 0.0231. The molecule has 2 aromatic rings. The number of halogens is 2. The maximum Gasteiger partial charge on any atom is 0.410 e. The van der Waals surface area contributed by atoms with Crippen LogP contribution in [0.3, 0.4) is 0 Å². The highest BCUT2D eigenvalue weighted by molar-refractivity contribution is 6.35. The number of carbonyl (C=O) groups excluding carboxylic acids is 2. The quantitative estimate of drug-likeness (QED) is 0.349. The van der Waals surface area contributed by atoms with Crippen LogP contribution in [-0.4, -0.2) is 62.8 Å². The molecule has 1 atom stereocenters. The molecule has 1 N–H and O–H groups in total. The van der Waals surface area contributed by atoms with E-state index in [0.29, 0.717) is 29.4 Å². The summed E-state index contributed by atoms with van der Waals surface area (Å²) in [5.41, 5.74) is 0.448. The van der Waals surface area contributed by atoms with Crippen molar-refractivity contribution in [1.82, 2.24) is 14.5 Å². The molecule has 3 aliphatic rings. The molecule has 0 saturated carbocycles. The van der Waals surface area contributed by atoms with Gasteiger partial charge < -0.3 is 14.5 Å². The van der Waals surface area contributed by atoms with Crippen molar-refractivity contribution in [2.45, 2.75) is 78.9 Å². The number of ketones is 1. The first kappa shape index (κ1) is 34.1. The van der Waals surface area contributed by atoms with Gasteiger partial charge >= 0.3 is 11.8 Å². The van der Waals surface area contributed by atoms with Crippen LogP contribution in [0.15, 0.2) is 63.4 Å². The first-order chi connectivity index (χ1) is 22.0. The summed E-state index contributed by atoms with van der Waals surface area (Å²) in [6, 6.07) is 5.44. The van der Waals surface area contributed by atoms with Crippen LogP contribution >= 0.6 is 11.6 Å². The Morgan fingerprint density at radius 2 is 1.74 bits per heavy atom. The average molecular weight is 666 g/mol. The van der Waals surface area contributed by atoms with Crippen molar-refractivity contribution in [3.05, 3.63) is 85.7 Å². The van der Waals surface area contributed by atoms with Crippen molar-refractivity contribution in [3.8, 4) is 5.69 Å². The molecule has 0 radical (unpaired) electrons. The first-order valence-electron chi connectivity index (χ1n) is 15.8. The number of hydrogen-bond acceptors (Lipinski definition) is 8. The highest BCUT2D eigenvalue weighted by Gasteiger charge is 2.38. The fourth-order valence-corrected chi connectivity index (χ4v) is 6.45. The molecule has 47 heavy (non-hydrogen) atoms. The summed E-state index contributed by atoms with van der Waals surface area (Å²) in [6.07, 6.45) is 4.63. The number of nitrogens with zero attached hydrogens (tertiary/aromatic N) is 5. The number of hydroxylamine groups is 1. The van der Waals surface area contributed by atoms with Gasteiger partial charge in [0.15, 0.2) is 11.6 Å². The Hall–Kier alpha value is -4.22. The third kappa shape index (κ3) is 6.38. The largest absolute Gasteiger partial charge is 0.444 e. The predicted molar refractivity (Wildman–Crippen MR) is 181 cm³/mol. The number of rotatable bonds is 4. The number of hydrogen-bond donors (Lipinski definition) is 1. The topological polar surface area (TPSA) is 108 Å². The van der Waals surface area contributed by atoms with E-state index in [-0.39, 0.29) is 46.8 Å². The maximum atomic E-state index is 15.3. The summed E-state index contributed by atoms with van der Waals surface area (Å²) in [6.45, 7) is 16.2. The first-order valence-corrected chi connectivity index (χ1v) is 16.1. The van der Waals surface area contributed by atoms with Crippen molar-refractivity contribution >= 4 is 41.2 Å². The second kappa shape index (κ2) is 12.8. The molecule has 0 spiro atoms. The Morgan fingerprint density at radius 1 is 1.11 bits per heavy atom. The Labute approximate surface area is 279 Å². The number of benzene rings is 1. The second-order valence-corrected chi connectivity index (χ2v) is 14.0. The van der Waals surface area contributed by atoms with Gasteiger partial charge in [-0.15, -0.1) is 0 Å². The summed E-state index contributed by atoms with van der Waals surface area (Å²) in [5.74, 6) is -1.40. The standard InChI is InChI=1S/C35H41ClFN5O5/c1-19(2)22-11-9-12-23(20(3)4)29(22)41-32-24(17-25(36)30(42(32)46)28-26(37)13-10-14-27(28)43)31(38-33(41)44)40-16-15-39(18-21(40)5)34(45)47-35(6,7)8/h9-14,17,19-21,46H,15-16,18H2,1-8H3/t21-/m0/s1. The molecule has 1 aromatic carbocycles. The molecule has 1 aliphatic carbocycles. The fourth-order valence-electron chi connectivity index (χ4n) is 6.17. The van der Waals surface area contributed by atoms with Gasteiger partial charge in [-0.25, -0.2) is 23.6 Å². The molecule has 3 heterocycles. The number of piperazine rings is 1. The maximum absolute atomic E-state index is 15.3. The summed E-state index contributed by atoms with van der Waals surface area (Å²) in [5, 5.41) is 12.5. The molecule has 1 saturated heterocycles. The van der Waals surface area contributed by atoms with Crippen molar-refractivity contribution in [2.24, 2.45) is 0 Å². The van der Waals surface area contributed by atoms with E-state index in [9.17, 15) is 19.6 Å². The van der Waals surface area contributed by atoms with Crippen molar-refractivity contribution in [1.29, 1.82) is 0 Å². The molecule has 12 heteroatoms. The third-order valence-electron chi connectivity index (χ3n) is 8.33. The lowest BCUT2D eigenvalue weighted by Gasteiger charge is -2.42. The Bertz CT molecular complexity index is 1790. The Morgan fingerprint density at radius 3 is 2.30 bits per heavy atom. The molecule has 0 unspecified atom stereocenters. The summed E-state index contributed by atoms with van der Waals surface area (Å²) in [4.78, 5) is 48.2. The zero-order chi connectivity index (χ0) is 34.5. The molecule has 10 nitrogen and oxygen atoms in total. The van der Waals surface area contributed by atoms with E-state index in [1.165, 1.54) is 22.8 Å². The number of para-hydroxylation sites is 1. The van der Waals surface area contributed by atoms with Gasteiger partial charge in [0.25, 0.3) is 0 Å². The smallest absolute Gasteiger partial charge is 0.410 e. The molecule has 1 fully saturated rings. The van der Waals surface area contributed by atoms with E-state index in [4.69, 9.17) is 16.3 Å². The van der Waals surface area contributed by atoms with E-state index < -0.39 is 34.6 Å². The summed E-state index contributed by atoms with van der Waals surface area (Å²) in [7, 11) is 0. The van der Waals surface area contributed by atoms with Gasteiger partial charge in [-0.2, -0.15) is 4.98 Å². The van der Waals surface area contributed by atoms with Gasteiger partial charge in [-0.05, 0) is 68.9 Å². The number of anilines is 2. The van der Waals surface area contributed by atoms with Gasteiger partial charge in [0, 0.05) is 25.7 Å². The number of allylic oxidation sites excluding steroid dienone is 6. The summed E-state index contributed by atoms with van der Waals surface area (Å²) >= 11 is 6.77. The zero-order valence-electron chi connectivity index (χ0n) is 28.0. The van der Waals surface area contributed by atoms with Crippen molar-refractivity contribution < 1.29 is 23.9 Å².